The van der Waals surface area contributed by atoms with Crippen molar-refractivity contribution in [2.24, 2.45) is 0 Å². The second-order valence-corrected chi connectivity index (χ2v) is 2.08. The van der Waals surface area contributed by atoms with Crippen molar-refractivity contribution in [3.63, 3.8) is 0 Å². The average Bonchev–Trinajstić information content (AvgIpc) is 2.93. The Balaban J connectivity index is 0.000000284. The number of H-pyrrole nitrogens is 2. The molecule has 2 rings (SSSR count). The van der Waals surface area contributed by atoms with Crippen LogP contribution < -0.4 is 0 Å². The Labute approximate surface area is 102 Å². The normalized spacial score (nSPS) is 8.47. The van der Waals surface area contributed by atoms with E-state index in [1.54, 1.807) is 0 Å². The first-order valence-corrected chi connectivity index (χ1v) is 3.54. The fraction of sp³-hybridized carbons (Fsp3) is 0. The molecule has 13 heteroatoms. The molecule has 0 bridgehead atoms. The van der Waals surface area contributed by atoms with Gasteiger partial charge in [-0.05, 0) is 10.4 Å². The van der Waals surface area contributed by atoms with E-state index < -0.39 is 11.9 Å². The molecule has 17 heavy (non-hydrogen) atoms. The van der Waals surface area contributed by atoms with Gasteiger partial charge in [0.2, 0.25) is 0 Å². The summed E-state index contributed by atoms with van der Waals surface area (Å²) < 4.78 is 0. The van der Waals surface area contributed by atoms with Gasteiger partial charge in [-0.15, -0.1) is 20.4 Å². The van der Waals surface area contributed by atoms with Gasteiger partial charge in [0.15, 0.2) is 0 Å². The molecule has 92 valence electrons. The van der Waals surface area contributed by atoms with Crippen LogP contribution in [0.4, 0.5) is 0 Å². The van der Waals surface area contributed by atoms with Gasteiger partial charge in [-0.2, -0.15) is 10.4 Å². The summed E-state index contributed by atoms with van der Waals surface area (Å²) in [6.45, 7) is 0. The molecule has 0 spiro atoms. The van der Waals surface area contributed by atoms with Gasteiger partial charge < -0.3 is 10.2 Å². The molecule has 0 aliphatic carbocycles. The third kappa shape index (κ3) is 4.76. The number of nitrogens with zero attached hydrogens (tertiary/aromatic N) is 6. The topological polar surface area (TPSA) is 184 Å². The molecule has 4 N–H and O–H groups in total. The minimum atomic E-state index is -1.18. The first kappa shape index (κ1) is 14.6. The monoisotopic (exact) mass is 284 g/mol. The van der Waals surface area contributed by atoms with Crippen molar-refractivity contribution in [1.29, 1.82) is 0 Å². The summed E-state index contributed by atoms with van der Waals surface area (Å²) in [7, 11) is 0. The van der Waals surface area contributed by atoms with Crippen molar-refractivity contribution < 1.29 is 36.9 Å². The van der Waals surface area contributed by atoms with Crippen LogP contribution in [0.25, 0.3) is 0 Å². The predicted octanol–water partition coefficient (Wildman–Crippen LogP) is -2.21. The van der Waals surface area contributed by atoms with Crippen LogP contribution in [0.1, 0.15) is 21.2 Å². The predicted molar refractivity (Wildman–Crippen MR) is 42.3 cm³/mol. The summed E-state index contributed by atoms with van der Waals surface area (Å²) in [5.41, 5.74) is 0. The number of tetrazole rings is 2. The molecule has 0 fully saturated rings. The zero-order chi connectivity index (χ0) is 12.0. The van der Waals surface area contributed by atoms with Crippen LogP contribution in [-0.2, 0) is 17.1 Å². The van der Waals surface area contributed by atoms with E-state index >= 15 is 0 Å². The summed E-state index contributed by atoms with van der Waals surface area (Å²) in [5, 5.41) is 38.9. The van der Waals surface area contributed by atoms with E-state index in [0.717, 1.165) is 0 Å². The first-order valence-electron chi connectivity index (χ1n) is 3.54. The number of hydrogen-bond acceptors (Lipinski definition) is 8. The summed E-state index contributed by atoms with van der Waals surface area (Å²) in [4.78, 5) is 19.8. The third-order valence-corrected chi connectivity index (χ3v) is 1.07. The van der Waals surface area contributed by atoms with Gasteiger partial charge in [0.05, 0.1) is 0 Å². The molecule has 0 aliphatic rings. The van der Waals surface area contributed by atoms with Crippen molar-refractivity contribution in [2.45, 2.75) is 0 Å². The van der Waals surface area contributed by atoms with E-state index in [2.05, 4.69) is 30.8 Å². The molecule has 0 aliphatic heterocycles. The van der Waals surface area contributed by atoms with Crippen molar-refractivity contribution in [3.05, 3.63) is 11.6 Å². The standard InChI is InChI=1S/2C2H2N4O2.Fe/c2*7-2(8)1-3-5-6-4-1;/h2*(H,7,8)(H,3,4,5,6);. The van der Waals surface area contributed by atoms with Crippen molar-refractivity contribution in [2.75, 3.05) is 0 Å². The number of nitrogens with one attached hydrogen (secondary N) is 2. The molecule has 0 atom stereocenters. The van der Waals surface area contributed by atoms with Gasteiger partial charge in [0.25, 0.3) is 11.6 Å². The number of aromatic carboxylic acids is 2. The zero-order valence-electron chi connectivity index (χ0n) is 7.75. The van der Waals surface area contributed by atoms with Crippen LogP contribution in [0.15, 0.2) is 0 Å². The maximum Gasteiger partial charge on any atom is 0.377 e. The number of rotatable bonds is 2. The number of aromatic nitrogens is 8. The number of aromatic amines is 2. The number of hydrogen-bond donors (Lipinski definition) is 4. The minimum absolute atomic E-state index is 0. The quantitative estimate of drug-likeness (QED) is 0.441. The number of carboxylic acids is 2. The zero-order valence-corrected chi connectivity index (χ0v) is 8.85. The van der Waals surface area contributed by atoms with Gasteiger partial charge in [-0.25, -0.2) is 9.59 Å². The van der Waals surface area contributed by atoms with Crippen LogP contribution in [0.3, 0.4) is 0 Å². The fourth-order valence-electron chi connectivity index (χ4n) is 0.505. The van der Waals surface area contributed by atoms with E-state index in [1.165, 1.54) is 0 Å². The molecule has 0 aromatic carbocycles. The Bertz CT molecular complexity index is 410. The molecule has 0 amide bonds. The molecule has 2 aromatic heterocycles. The summed E-state index contributed by atoms with van der Waals surface area (Å²) in [5.74, 6) is -2.99. The molecule has 12 nitrogen and oxygen atoms in total. The second-order valence-electron chi connectivity index (χ2n) is 2.08. The van der Waals surface area contributed by atoms with Gasteiger partial charge in [0.1, 0.15) is 0 Å². The van der Waals surface area contributed by atoms with Gasteiger partial charge in [0, 0.05) is 17.1 Å². The molecule has 2 aromatic rings. The Morgan fingerprint density at radius 3 is 1.35 bits per heavy atom. The van der Waals surface area contributed by atoms with E-state index in [4.69, 9.17) is 10.2 Å². The Kier molecular flexibility index (Phi) is 5.99. The van der Waals surface area contributed by atoms with Crippen molar-refractivity contribution in [3.8, 4) is 0 Å². The largest absolute Gasteiger partial charge is 0.475 e. The molecule has 0 saturated heterocycles. The smallest absolute Gasteiger partial charge is 0.377 e. The third-order valence-electron chi connectivity index (χ3n) is 1.07. The Hall–Kier alpha value is -2.40. The maximum absolute atomic E-state index is 9.88. The Morgan fingerprint density at radius 1 is 0.882 bits per heavy atom. The van der Waals surface area contributed by atoms with E-state index in [9.17, 15) is 9.59 Å². The summed E-state index contributed by atoms with van der Waals surface area (Å²) in [6.07, 6.45) is 0. The summed E-state index contributed by atoms with van der Waals surface area (Å²) in [6, 6.07) is 0. The molecular formula is C4H4FeN8O4. The molecular weight excluding hydrogens is 280 g/mol. The van der Waals surface area contributed by atoms with E-state index in [0.29, 0.717) is 0 Å². The van der Waals surface area contributed by atoms with Crippen molar-refractivity contribution >= 4 is 11.9 Å². The van der Waals surface area contributed by atoms with Gasteiger partial charge in [-0.1, -0.05) is 0 Å². The van der Waals surface area contributed by atoms with Crippen LogP contribution >= 0.6 is 0 Å². The molecule has 0 saturated carbocycles. The maximum atomic E-state index is 9.88. The fourth-order valence-corrected chi connectivity index (χ4v) is 0.505. The van der Waals surface area contributed by atoms with Crippen LogP contribution in [0.2, 0.25) is 0 Å². The Morgan fingerprint density at radius 2 is 1.24 bits per heavy atom. The van der Waals surface area contributed by atoms with Crippen LogP contribution in [-0.4, -0.2) is 63.4 Å². The van der Waals surface area contributed by atoms with Crippen LogP contribution in [0.5, 0.6) is 0 Å². The molecule has 2 heterocycles. The number of carboxylic acid groups (broad SMARTS) is 2. The van der Waals surface area contributed by atoms with Gasteiger partial charge in [-0.3, -0.25) is 0 Å². The first-order chi connectivity index (χ1) is 7.61. The van der Waals surface area contributed by atoms with E-state index in [-0.39, 0.29) is 28.7 Å². The van der Waals surface area contributed by atoms with Crippen LogP contribution in [0, 0.1) is 0 Å². The number of carbonyl (C=O) groups is 2. The molecule has 0 radical (unpaired) electrons. The average molecular weight is 284 g/mol. The molecule has 0 unspecified atom stereocenters. The minimum Gasteiger partial charge on any atom is -0.475 e. The second kappa shape index (κ2) is 6.97. The SMILES string of the molecule is O=C(O)c1nn[nH]n1.O=C(O)c1nn[nH]n1.[Fe]. The van der Waals surface area contributed by atoms with E-state index in [1.807, 2.05) is 10.4 Å². The summed E-state index contributed by atoms with van der Waals surface area (Å²) >= 11 is 0. The van der Waals surface area contributed by atoms with Crippen molar-refractivity contribution in [1.82, 2.24) is 41.2 Å². The van der Waals surface area contributed by atoms with Gasteiger partial charge >= 0.3 is 11.9 Å².